The fourth-order valence-electron chi connectivity index (χ4n) is 2.81. The van der Waals surface area contributed by atoms with E-state index in [1.807, 2.05) is 28.9 Å². The van der Waals surface area contributed by atoms with Crippen LogP contribution in [0.2, 0.25) is 0 Å². The van der Waals surface area contributed by atoms with Crippen molar-refractivity contribution in [3.8, 4) is 11.4 Å². The van der Waals surface area contributed by atoms with Crippen molar-refractivity contribution in [3.63, 3.8) is 0 Å². The van der Waals surface area contributed by atoms with Crippen molar-refractivity contribution in [2.24, 2.45) is 0 Å². The van der Waals surface area contributed by atoms with Gasteiger partial charge in [0.2, 0.25) is 0 Å². The molecule has 1 aromatic heterocycles. The van der Waals surface area contributed by atoms with Gasteiger partial charge < -0.3 is 5.73 Å². The molecular formula is C14H19N5. The predicted molar refractivity (Wildman–Crippen MR) is 74.4 cm³/mol. The molecule has 2 aromatic rings. The zero-order chi connectivity index (χ0) is 13.1. The van der Waals surface area contributed by atoms with Gasteiger partial charge >= 0.3 is 0 Å². The van der Waals surface area contributed by atoms with Crippen molar-refractivity contribution in [2.75, 3.05) is 5.73 Å². The molecule has 5 heteroatoms. The molecule has 1 aliphatic carbocycles. The van der Waals surface area contributed by atoms with E-state index in [2.05, 4.69) is 15.5 Å². The molecule has 0 spiro atoms. The summed E-state index contributed by atoms with van der Waals surface area (Å²) in [7, 11) is 0. The summed E-state index contributed by atoms with van der Waals surface area (Å²) in [6, 6.07) is 8.18. The SMILES string of the molecule is Nc1cccc(-c2nnnn2C2CCCCCC2)c1. The minimum atomic E-state index is 0.425. The second-order valence-corrected chi connectivity index (χ2v) is 5.22. The third-order valence-electron chi connectivity index (χ3n) is 3.81. The summed E-state index contributed by atoms with van der Waals surface area (Å²) in [6.45, 7) is 0. The van der Waals surface area contributed by atoms with Crippen LogP contribution in [0.15, 0.2) is 24.3 Å². The van der Waals surface area contributed by atoms with Crippen LogP contribution in [0.3, 0.4) is 0 Å². The van der Waals surface area contributed by atoms with Gasteiger partial charge in [-0.25, -0.2) is 4.68 Å². The molecule has 1 aromatic carbocycles. The molecule has 2 N–H and O–H groups in total. The second kappa shape index (κ2) is 5.38. The Balaban J connectivity index is 1.93. The number of nitrogens with two attached hydrogens (primary N) is 1. The summed E-state index contributed by atoms with van der Waals surface area (Å²) >= 11 is 0. The number of rotatable bonds is 2. The molecule has 0 radical (unpaired) electrons. The first-order valence-corrected chi connectivity index (χ1v) is 6.98. The summed E-state index contributed by atoms with van der Waals surface area (Å²) in [5.41, 5.74) is 7.58. The number of nitrogens with zero attached hydrogens (tertiary/aromatic N) is 4. The third-order valence-corrected chi connectivity index (χ3v) is 3.81. The Kier molecular flexibility index (Phi) is 3.44. The van der Waals surface area contributed by atoms with E-state index in [0.29, 0.717) is 6.04 Å². The van der Waals surface area contributed by atoms with Gasteiger partial charge in [-0.15, -0.1) is 5.10 Å². The number of hydrogen-bond donors (Lipinski definition) is 1. The summed E-state index contributed by atoms with van der Waals surface area (Å²) in [5, 5.41) is 12.2. The van der Waals surface area contributed by atoms with Gasteiger partial charge in [-0.05, 0) is 35.4 Å². The van der Waals surface area contributed by atoms with Crippen LogP contribution in [-0.2, 0) is 0 Å². The van der Waals surface area contributed by atoms with E-state index in [0.717, 1.165) is 17.1 Å². The molecule has 1 aliphatic rings. The van der Waals surface area contributed by atoms with Crippen molar-refractivity contribution in [3.05, 3.63) is 24.3 Å². The molecule has 0 amide bonds. The summed E-state index contributed by atoms with van der Waals surface area (Å²) < 4.78 is 1.99. The first kappa shape index (κ1) is 12.1. The van der Waals surface area contributed by atoms with Gasteiger partial charge in [0, 0.05) is 11.3 Å². The standard InChI is InChI=1S/C14H19N5/c15-12-7-5-6-11(10-12)14-16-17-18-19(14)13-8-3-1-2-4-9-13/h5-7,10,13H,1-4,8-9,15H2. The molecule has 0 atom stereocenters. The molecule has 19 heavy (non-hydrogen) atoms. The van der Waals surface area contributed by atoms with Crippen LogP contribution in [0.1, 0.15) is 44.6 Å². The highest BCUT2D eigenvalue weighted by molar-refractivity contribution is 5.60. The van der Waals surface area contributed by atoms with Crippen LogP contribution in [0, 0.1) is 0 Å². The highest BCUT2D eigenvalue weighted by Crippen LogP contribution is 2.29. The monoisotopic (exact) mass is 257 g/mol. The first-order valence-electron chi connectivity index (χ1n) is 6.98. The van der Waals surface area contributed by atoms with E-state index in [4.69, 9.17) is 5.73 Å². The molecule has 1 saturated carbocycles. The molecule has 3 rings (SSSR count). The van der Waals surface area contributed by atoms with E-state index in [1.165, 1.54) is 38.5 Å². The van der Waals surface area contributed by atoms with Crippen LogP contribution in [0.25, 0.3) is 11.4 Å². The number of nitrogen functional groups attached to an aromatic ring is 1. The van der Waals surface area contributed by atoms with Crippen molar-refractivity contribution in [2.45, 2.75) is 44.6 Å². The molecule has 0 saturated heterocycles. The Bertz CT molecular complexity index is 540. The zero-order valence-corrected chi connectivity index (χ0v) is 11.0. The van der Waals surface area contributed by atoms with Gasteiger partial charge in [0.1, 0.15) is 0 Å². The highest BCUT2D eigenvalue weighted by Gasteiger charge is 2.19. The lowest BCUT2D eigenvalue weighted by atomic mass is 10.1. The van der Waals surface area contributed by atoms with Gasteiger partial charge in [-0.3, -0.25) is 0 Å². The molecule has 1 fully saturated rings. The smallest absolute Gasteiger partial charge is 0.182 e. The van der Waals surface area contributed by atoms with E-state index < -0.39 is 0 Å². The Morgan fingerprint density at radius 3 is 2.63 bits per heavy atom. The molecular weight excluding hydrogens is 238 g/mol. The average Bonchev–Trinajstić information content (AvgIpc) is 2.75. The molecule has 0 aliphatic heterocycles. The van der Waals surface area contributed by atoms with Gasteiger partial charge in [0.15, 0.2) is 5.82 Å². The summed E-state index contributed by atoms with van der Waals surface area (Å²) in [4.78, 5) is 0. The van der Waals surface area contributed by atoms with E-state index in [9.17, 15) is 0 Å². The number of hydrogen-bond acceptors (Lipinski definition) is 4. The van der Waals surface area contributed by atoms with Crippen molar-refractivity contribution in [1.82, 2.24) is 20.2 Å². The molecule has 0 bridgehead atoms. The van der Waals surface area contributed by atoms with Crippen LogP contribution < -0.4 is 5.73 Å². The van der Waals surface area contributed by atoms with Gasteiger partial charge in [-0.2, -0.15) is 0 Å². The van der Waals surface area contributed by atoms with E-state index in [1.54, 1.807) is 0 Å². The minimum Gasteiger partial charge on any atom is -0.399 e. The largest absolute Gasteiger partial charge is 0.399 e. The number of benzene rings is 1. The Labute approximate surface area is 112 Å². The second-order valence-electron chi connectivity index (χ2n) is 5.22. The molecule has 5 nitrogen and oxygen atoms in total. The topological polar surface area (TPSA) is 69.6 Å². The zero-order valence-electron chi connectivity index (χ0n) is 11.0. The van der Waals surface area contributed by atoms with Gasteiger partial charge in [-0.1, -0.05) is 37.8 Å². The third kappa shape index (κ3) is 2.59. The summed E-state index contributed by atoms with van der Waals surface area (Å²) in [5.74, 6) is 0.833. The molecule has 1 heterocycles. The quantitative estimate of drug-likeness (QED) is 0.663. The predicted octanol–water partition coefficient (Wildman–Crippen LogP) is 2.82. The molecule has 0 unspecified atom stereocenters. The average molecular weight is 257 g/mol. The fraction of sp³-hybridized carbons (Fsp3) is 0.500. The van der Waals surface area contributed by atoms with Gasteiger partial charge in [0.05, 0.1) is 6.04 Å². The van der Waals surface area contributed by atoms with Crippen molar-refractivity contribution in [1.29, 1.82) is 0 Å². The number of tetrazole rings is 1. The minimum absolute atomic E-state index is 0.425. The number of aromatic nitrogens is 4. The normalized spacial score (nSPS) is 17.3. The van der Waals surface area contributed by atoms with Crippen LogP contribution >= 0.6 is 0 Å². The lowest BCUT2D eigenvalue weighted by Crippen LogP contribution is -2.11. The summed E-state index contributed by atoms with van der Waals surface area (Å²) in [6.07, 6.45) is 7.51. The van der Waals surface area contributed by atoms with Crippen LogP contribution in [0.4, 0.5) is 5.69 Å². The number of anilines is 1. The fourth-order valence-corrected chi connectivity index (χ4v) is 2.81. The maximum Gasteiger partial charge on any atom is 0.182 e. The van der Waals surface area contributed by atoms with Crippen LogP contribution in [0.5, 0.6) is 0 Å². The Morgan fingerprint density at radius 2 is 1.89 bits per heavy atom. The Hall–Kier alpha value is -1.91. The lowest BCUT2D eigenvalue weighted by Gasteiger charge is -2.15. The van der Waals surface area contributed by atoms with E-state index >= 15 is 0 Å². The first-order chi connectivity index (χ1) is 9.34. The lowest BCUT2D eigenvalue weighted by molar-refractivity contribution is 0.400. The maximum absolute atomic E-state index is 5.84. The Morgan fingerprint density at radius 1 is 1.11 bits per heavy atom. The van der Waals surface area contributed by atoms with Crippen molar-refractivity contribution < 1.29 is 0 Å². The molecule has 100 valence electrons. The van der Waals surface area contributed by atoms with Crippen LogP contribution in [-0.4, -0.2) is 20.2 Å². The van der Waals surface area contributed by atoms with Gasteiger partial charge in [0.25, 0.3) is 0 Å². The maximum atomic E-state index is 5.84. The highest BCUT2D eigenvalue weighted by atomic mass is 15.5. The van der Waals surface area contributed by atoms with Crippen molar-refractivity contribution >= 4 is 5.69 Å². The van der Waals surface area contributed by atoms with E-state index in [-0.39, 0.29) is 0 Å².